The number of nitrogens with one attached hydrogen (secondary N) is 1. The molecule has 0 bridgehead atoms. The highest BCUT2D eigenvalue weighted by Crippen LogP contribution is 2.08. The van der Waals surface area contributed by atoms with Crippen molar-refractivity contribution in [1.82, 2.24) is 10.2 Å². The van der Waals surface area contributed by atoms with Gasteiger partial charge in [0.15, 0.2) is 0 Å². The molecule has 1 atom stereocenters. The van der Waals surface area contributed by atoms with Crippen LogP contribution in [0.4, 0.5) is 0 Å². The number of rotatable bonds is 5. The highest BCUT2D eigenvalue weighted by atomic mass is 16.5. The second-order valence-corrected chi connectivity index (χ2v) is 4.50. The lowest BCUT2D eigenvalue weighted by molar-refractivity contribution is -0.141. The zero-order chi connectivity index (χ0) is 12.7. The monoisotopic (exact) mass is 242 g/mol. The maximum atomic E-state index is 11.8. The summed E-state index contributed by atoms with van der Waals surface area (Å²) in [5.74, 6) is -0.128. The van der Waals surface area contributed by atoms with Gasteiger partial charge in [-0.1, -0.05) is 0 Å². The lowest BCUT2D eigenvalue weighted by atomic mass is 10.1. The molecule has 1 aliphatic heterocycles. The molecule has 0 spiro atoms. The van der Waals surface area contributed by atoms with Crippen LogP contribution in [-0.4, -0.2) is 49.6 Å². The minimum absolute atomic E-state index is 0.0313. The number of esters is 1. The van der Waals surface area contributed by atoms with E-state index in [1.807, 2.05) is 11.8 Å². The largest absolute Gasteiger partial charge is 0.469 e. The highest BCUT2D eigenvalue weighted by molar-refractivity contribution is 5.78. The summed E-state index contributed by atoms with van der Waals surface area (Å²) in [6, 6.07) is -0.0313. The van der Waals surface area contributed by atoms with Crippen LogP contribution in [0.5, 0.6) is 0 Å². The Balaban J connectivity index is 2.20. The number of amides is 1. The predicted molar refractivity (Wildman–Crippen MR) is 64.5 cm³/mol. The van der Waals surface area contributed by atoms with Crippen LogP contribution in [0.1, 0.15) is 32.6 Å². The number of carbonyl (C=O) groups is 2. The second-order valence-electron chi connectivity index (χ2n) is 4.50. The highest BCUT2D eigenvalue weighted by Gasteiger charge is 2.17. The molecule has 1 saturated heterocycles. The lowest BCUT2D eigenvalue weighted by Crippen LogP contribution is -2.43. The van der Waals surface area contributed by atoms with E-state index in [2.05, 4.69) is 10.1 Å². The molecule has 1 fully saturated rings. The lowest BCUT2D eigenvalue weighted by Gasteiger charge is -2.27. The third-order valence-electron chi connectivity index (χ3n) is 3.01. The van der Waals surface area contributed by atoms with Gasteiger partial charge >= 0.3 is 5.97 Å². The van der Waals surface area contributed by atoms with Gasteiger partial charge in [-0.25, -0.2) is 0 Å². The van der Waals surface area contributed by atoms with Gasteiger partial charge in [-0.3, -0.25) is 9.59 Å². The molecule has 1 aliphatic rings. The Kier molecular flexibility index (Phi) is 5.97. The van der Waals surface area contributed by atoms with Gasteiger partial charge < -0.3 is 15.0 Å². The van der Waals surface area contributed by atoms with Crippen molar-refractivity contribution >= 4 is 11.9 Å². The average Bonchev–Trinajstić information content (AvgIpc) is 2.36. The van der Waals surface area contributed by atoms with E-state index in [-0.39, 0.29) is 17.9 Å². The maximum Gasteiger partial charge on any atom is 0.307 e. The molecule has 0 aliphatic carbocycles. The van der Waals surface area contributed by atoms with Gasteiger partial charge in [0.05, 0.1) is 20.1 Å². The number of nitrogens with zero attached hydrogens (tertiary/aromatic N) is 1. The minimum atomic E-state index is -0.254. The Bertz CT molecular complexity index is 262. The molecule has 98 valence electrons. The summed E-state index contributed by atoms with van der Waals surface area (Å²) in [4.78, 5) is 24.7. The van der Waals surface area contributed by atoms with Crippen LogP contribution in [0.2, 0.25) is 0 Å². The number of hydrogen-bond donors (Lipinski definition) is 1. The first-order valence-corrected chi connectivity index (χ1v) is 6.21. The summed E-state index contributed by atoms with van der Waals surface area (Å²) in [6.45, 7) is 3.91. The molecular weight excluding hydrogens is 220 g/mol. The molecule has 0 aromatic heterocycles. The first-order chi connectivity index (χ1) is 8.13. The molecule has 17 heavy (non-hydrogen) atoms. The van der Waals surface area contributed by atoms with Crippen LogP contribution in [-0.2, 0) is 14.3 Å². The van der Waals surface area contributed by atoms with Crippen molar-refractivity contribution < 1.29 is 14.3 Å². The maximum absolute atomic E-state index is 11.8. The van der Waals surface area contributed by atoms with Crippen LogP contribution in [0.15, 0.2) is 0 Å². The standard InChI is InChI=1S/C12H22N2O3/c1-10(8-12(16)17-2)13-9-11(15)14-6-4-3-5-7-14/h10,13H,3-9H2,1-2H3. The third-order valence-corrected chi connectivity index (χ3v) is 3.01. The molecular formula is C12H22N2O3. The fraction of sp³-hybridized carbons (Fsp3) is 0.833. The topological polar surface area (TPSA) is 58.6 Å². The number of likely N-dealkylation sites (tertiary alicyclic amines) is 1. The molecule has 5 nitrogen and oxygen atoms in total. The van der Waals surface area contributed by atoms with E-state index in [1.165, 1.54) is 13.5 Å². The molecule has 1 N–H and O–H groups in total. The third kappa shape index (κ3) is 5.17. The molecule has 0 aromatic carbocycles. The van der Waals surface area contributed by atoms with Gasteiger partial charge in [-0.05, 0) is 26.2 Å². The van der Waals surface area contributed by atoms with Crippen LogP contribution in [0, 0.1) is 0 Å². The zero-order valence-electron chi connectivity index (χ0n) is 10.7. The van der Waals surface area contributed by atoms with Crippen molar-refractivity contribution in [2.24, 2.45) is 0 Å². The number of methoxy groups -OCH3 is 1. The van der Waals surface area contributed by atoms with Crippen LogP contribution in [0.25, 0.3) is 0 Å². The first-order valence-electron chi connectivity index (χ1n) is 6.21. The smallest absolute Gasteiger partial charge is 0.307 e. The van der Waals surface area contributed by atoms with E-state index in [0.717, 1.165) is 25.9 Å². The number of ether oxygens (including phenoxy) is 1. The summed E-state index contributed by atoms with van der Waals surface area (Å²) in [5, 5.41) is 3.05. The van der Waals surface area contributed by atoms with Gasteiger partial charge in [-0.15, -0.1) is 0 Å². The summed E-state index contributed by atoms with van der Waals surface area (Å²) in [5.41, 5.74) is 0. The first kappa shape index (κ1) is 14.0. The Labute approximate surface area is 102 Å². The van der Waals surface area contributed by atoms with Crippen LogP contribution < -0.4 is 5.32 Å². The summed E-state index contributed by atoms with van der Waals surface area (Å²) >= 11 is 0. The van der Waals surface area contributed by atoms with Gasteiger partial charge in [0.25, 0.3) is 0 Å². The Morgan fingerprint density at radius 1 is 1.29 bits per heavy atom. The second kappa shape index (κ2) is 7.27. The fourth-order valence-corrected chi connectivity index (χ4v) is 1.92. The SMILES string of the molecule is COC(=O)CC(C)NCC(=O)N1CCCCC1. The molecule has 5 heteroatoms. The Hall–Kier alpha value is -1.10. The van der Waals surface area contributed by atoms with Gasteiger partial charge in [0, 0.05) is 19.1 Å². The Morgan fingerprint density at radius 2 is 1.94 bits per heavy atom. The summed E-state index contributed by atoms with van der Waals surface area (Å²) in [6.07, 6.45) is 3.71. The normalized spacial score (nSPS) is 17.6. The van der Waals surface area contributed by atoms with E-state index in [0.29, 0.717) is 13.0 Å². The van der Waals surface area contributed by atoms with Crippen molar-refractivity contribution in [3.8, 4) is 0 Å². The van der Waals surface area contributed by atoms with Gasteiger partial charge in [0.1, 0.15) is 0 Å². The number of hydrogen-bond acceptors (Lipinski definition) is 4. The van der Waals surface area contributed by atoms with Crippen molar-refractivity contribution in [1.29, 1.82) is 0 Å². The predicted octanol–water partition coefficient (Wildman–Crippen LogP) is 0.540. The average molecular weight is 242 g/mol. The quantitative estimate of drug-likeness (QED) is 0.715. The van der Waals surface area contributed by atoms with E-state index >= 15 is 0 Å². The summed E-state index contributed by atoms with van der Waals surface area (Å²) in [7, 11) is 1.37. The van der Waals surface area contributed by atoms with E-state index in [4.69, 9.17) is 0 Å². The molecule has 1 unspecified atom stereocenters. The number of piperidine rings is 1. The number of carbonyl (C=O) groups excluding carboxylic acids is 2. The minimum Gasteiger partial charge on any atom is -0.469 e. The molecule has 0 saturated carbocycles. The molecule has 1 heterocycles. The summed E-state index contributed by atoms with van der Waals surface area (Å²) < 4.78 is 4.57. The molecule has 1 amide bonds. The van der Waals surface area contributed by atoms with Crippen molar-refractivity contribution in [2.75, 3.05) is 26.7 Å². The molecule has 1 rings (SSSR count). The van der Waals surface area contributed by atoms with Crippen molar-refractivity contribution in [3.63, 3.8) is 0 Å². The zero-order valence-corrected chi connectivity index (χ0v) is 10.7. The van der Waals surface area contributed by atoms with Crippen molar-refractivity contribution in [3.05, 3.63) is 0 Å². The molecule has 0 aromatic rings. The van der Waals surface area contributed by atoms with E-state index < -0.39 is 0 Å². The Morgan fingerprint density at radius 3 is 2.53 bits per heavy atom. The van der Waals surface area contributed by atoms with E-state index in [9.17, 15) is 9.59 Å². The molecule has 0 radical (unpaired) electrons. The van der Waals surface area contributed by atoms with Crippen LogP contribution in [0.3, 0.4) is 0 Å². The van der Waals surface area contributed by atoms with Crippen LogP contribution >= 0.6 is 0 Å². The van der Waals surface area contributed by atoms with Crippen molar-refractivity contribution in [2.45, 2.75) is 38.6 Å². The van der Waals surface area contributed by atoms with E-state index in [1.54, 1.807) is 0 Å². The fourth-order valence-electron chi connectivity index (χ4n) is 1.92. The van der Waals surface area contributed by atoms with Gasteiger partial charge in [0.2, 0.25) is 5.91 Å². The van der Waals surface area contributed by atoms with Gasteiger partial charge in [-0.2, -0.15) is 0 Å².